The molecule has 6 nitrogen and oxygen atoms in total. The van der Waals surface area contributed by atoms with Gasteiger partial charge in [-0.1, -0.05) is 6.92 Å². The summed E-state index contributed by atoms with van der Waals surface area (Å²) in [5.74, 6) is 1.03. The van der Waals surface area contributed by atoms with Crippen LogP contribution < -0.4 is 10.0 Å². The van der Waals surface area contributed by atoms with Crippen molar-refractivity contribution in [2.75, 3.05) is 11.9 Å². The molecule has 0 saturated carbocycles. The SMILES string of the molecule is CCCNS(=O)(=O)c1ccc(NC(=O)/C=C/c2ccc(C)o2)cc1. The maximum atomic E-state index is 12.0. The van der Waals surface area contributed by atoms with Crippen LogP contribution in [-0.4, -0.2) is 20.9 Å². The minimum absolute atomic E-state index is 0.163. The van der Waals surface area contributed by atoms with Gasteiger partial charge >= 0.3 is 0 Å². The highest BCUT2D eigenvalue weighted by molar-refractivity contribution is 7.89. The molecule has 7 heteroatoms. The molecule has 0 fully saturated rings. The highest BCUT2D eigenvalue weighted by Crippen LogP contribution is 2.14. The number of amides is 1. The smallest absolute Gasteiger partial charge is 0.248 e. The van der Waals surface area contributed by atoms with Crippen molar-refractivity contribution in [3.8, 4) is 0 Å². The Hall–Kier alpha value is -2.38. The van der Waals surface area contributed by atoms with Crippen molar-refractivity contribution in [1.29, 1.82) is 0 Å². The number of sulfonamides is 1. The van der Waals surface area contributed by atoms with Crippen LogP contribution in [0.25, 0.3) is 6.08 Å². The van der Waals surface area contributed by atoms with Crippen molar-refractivity contribution in [2.24, 2.45) is 0 Å². The molecule has 0 atom stereocenters. The van der Waals surface area contributed by atoms with Gasteiger partial charge < -0.3 is 9.73 Å². The minimum Gasteiger partial charge on any atom is -0.462 e. The summed E-state index contributed by atoms with van der Waals surface area (Å²) < 4.78 is 31.7. The van der Waals surface area contributed by atoms with E-state index < -0.39 is 10.0 Å². The first kappa shape index (κ1) is 18.0. The molecule has 0 unspecified atom stereocenters. The molecule has 0 aliphatic carbocycles. The van der Waals surface area contributed by atoms with E-state index in [1.54, 1.807) is 24.3 Å². The lowest BCUT2D eigenvalue weighted by atomic mass is 10.3. The molecule has 0 aliphatic rings. The molecule has 1 aromatic carbocycles. The summed E-state index contributed by atoms with van der Waals surface area (Å²) in [5, 5.41) is 2.66. The van der Waals surface area contributed by atoms with Crippen molar-refractivity contribution >= 4 is 27.7 Å². The molecular formula is C17H20N2O4S. The number of carbonyl (C=O) groups is 1. The molecule has 1 amide bonds. The Morgan fingerprint density at radius 1 is 1.17 bits per heavy atom. The van der Waals surface area contributed by atoms with Gasteiger partial charge in [0.1, 0.15) is 11.5 Å². The van der Waals surface area contributed by atoms with E-state index in [-0.39, 0.29) is 10.8 Å². The Labute approximate surface area is 141 Å². The van der Waals surface area contributed by atoms with E-state index in [1.165, 1.54) is 18.2 Å². The zero-order chi connectivity index (χ0) is 17.6. The van der Waals surface area contributed by atoms with Crippen LogP contribution in [0.15, 0.2) is 51.8 Å². The normalized spacial score (nSPS) is 11.8. The fourth-order valence-corrected chi connectivity index (χ4v) is 3.06. The largest absolute Gasteiger partial charge is 0.462 e. The van der Waals surface area contributed by atoms with Gasteiger partial charge in [-0.15, -0.1) is 0 Å². The van der Waals surface area contributed by atoms with Gasteiger partial charge in [0, 0.05) is 18.3 Å². The van der Waals surface area contributed by atoms with Gasteiger partial charge in [0.2, 0.25) is 15.9 Å². The summed E-state index contributed by atoms with van der Waals surface area (Å²) in [6.45, 7) is 4.10. The number of benzene rings is 1. The van der Waals surface area contributed by atoms with Crippen LogP contribution in [0.3, 0.4) is 0 Å². The maximum absolute atomic E-state index is 12.0. The quantitative estimate of drug-likeness (QED) is 0.753. The van der Waals surface area contributed by atoms with Gasteiger partial charge in [-0.25, -0.2) is 13.1 Å². The third-order valence-electron chi connectivity index (χ3n) is 3.13. The lowest BCUT2D eigenvalue weighted by molar-refractivity contribution is -0.111. The fourth-order valence-electron chi connectivity index (χ4n) is 1.92. The Balaban J connectivity index is 1.98. The molecule has 2 aromatic rings. The Bertz CT molecular complexity index is 821. The third-order valence-corrected chi connectivity index (χ3v) is 4.61. The van der Waals surface area contributed by atoms with Gasteiger partial charge in [-0.3, -0.25) is 4.79 Å². The van der Waals surface area contributed by atoms with Crippen LogP contribution in [0.5, 0.6) is 0 Å². The standard InChI is InChI=1S/C17H20N2O4S/c1-3-12-18-24(21,22)16-9-5-14(6-10-16)19-17(20)11-8-15-7-4-13(2)23-15/h4-11,18H,3,12H2,1-2H3,(H,19,20)/b11-8+. The number of carbonyl (C=O) groups excluding carboxylic acids is 1. The molecule has 1 heterocycles. The number of nitrogens with one attached hydrogen (secondary N) is 2. The molecule has 24 heavy (non-hydrogen) atoms. The van der Waals surface area contributed by atoms with Gasteiger partial charge in [-0.05, 0) is 55.8 Å². The van der Waals surface area contributed by atoms with Gasteiger partial charge in [-0.2, -0.15) is 0 Å². The van der Waals surface area contributed by atoms with Crippen molar-refractivity contribution in [3.63, 3.8) is 0 Å². The van der Waals surface area contributed by atoms with Gasteiger partial charge in [0.15, 0.2) is 0 Å². The molecule has 128 valence electrons. The number of anilines is 1. The number of aryl methyl sites for hydroxylation is 1. The molecule has 0 radical (unpaired) electrons. The summed E-state index contributed by atoms with van der Waals surface area (Å²) in [5.41, 5.74) is 0.509. The highest BCUT2D eigenvalue weighted by Gasteiger charge is 2.12. The highest BCUT2D eigenvalue weighted by atomic mass is 32.2. The Morgan fingerprint density at radius 3 is 2.46 bits per heavy atom. The Kier molecular flexibility index (Phi) is 5.94. The number of hydrogen-bond donors (Lipinski definition) is 2. The first-order valence-electron chi connectivity index (χ1n) is 7.56. The number of hydrogen-bond acceptors (Lipinski definition) is 4. The lowest BCUT2D eigenvalue weighted by Gasteiger charge is -2.07. The summed E-state index contributed by atoms with van der Waals surface area (Å²) in [6.07, 6.45) is 3.64. The van der Waals surface area contributed by atoms with Gasteiger partial charge in [0.25, 0.3) is 0 Å². The van der Waals surface area contributed by atoms with Crippen LogP contribution >= 0.6 is 0 Å². The molecule has 1 aromatic heterocycles. The second-order valence-electron chi connectivity index (χ2n) is 5.19. The zero-order valence-corrected chi connectivity index (χ0v) is 14.4. The van der Waals surface area contributed by atoms with Crippen LogP contribution in [-0.2, 0) is 14.8 Å². The molecule has 0 aliphatic heterocycles. The van der Waals surface area contributed by atoms with E-state index in [1.807, 2.05) is 19.9 Å². The van der Waals surface area contributed by atoms with Crippen LogP contribution in [0.4, 0.5) is 5.69 Å². The first-order valence-corrected chi connectivity index (χ1v) is 9.04. The minimum atomic E-state index is -3.50. The average Bonchev–Trinajstić information content (AvgIpc) is 2.97. The molecule has 0 saturated heterocycles. The monoisotopic (exact) mass is 348 g/mol. The molecular weight excluding hydrogens is 328 g/mol. The van der Waals surface area contributed by atoms with E-state index >= 15 is 0 Å². The number of rotatable bonds is 7. The van der Waals surface area contributed by atoms with E-state index in [2.05, 4.69) is 10.0 Å². The van der Waals surface area contributed by atoms with E-state index in [9.17, 15) is 13.2 Å². The van der Waals surface area contributed by atoms with Crippen molar-refractivity contribution in [3.05, 3.63) is 54.0 Å². The third kappa shape index (κ3) is 5.07. The van der Waals surface area contributed by atoms with Crippen molar-refractivity contribution < 1.29 is 17.6 Å². The second-order valence-corrected chi connectivity index (χ2v) is 6.96. The zero-order valence-electron chi connectivity index (χ0n) is 13.6. The second kappa shape index (κ2) is 7.94. The molecule has 2 rings (SSSR count). The van der Waals surface area contributed by atoms with Crippen molar-refractivity contribution in [1.82, 2.24) is 4.72 Å². The number of furan rings is 1. The van der Waals surface area contributed by atoms with Crippen LogP contribution in [0, 0.1) is 6.92 Å². The van der Waals surface area contributed by atoms with E-state index in [4.69, 9.17) is 4.42 Å². The molecule has 0 bridgehead atoms. The van der Waals surface area contributed by atoms with Crippen LogP contribution in [0.1, 0.15) is 24.9 Å². The van der Waals surface area contributed by atoms with E-state index in [0.717, 1.165) is 12.2 Å². The Morgan fingerprint density at radius 2 is 1.88 bits per heavy atom. The predicted octanol–water partition coefficient (Wildman–Crippen LogP) is 2.93. The first-order chi connectivity index (χ1) is 11.4. The van der Waals surface area contributed by atoms with Gasteiger partial charge in [0.05, 0.1) is 4.90 Å². The van der Waals surface area contributed by atoms with Crippen LogP contribution in [0.2, 0.25) is 0 Å². The fraction of sp³-hybridized carbons (Fsp3) is 0.235. The van der Waals surface area contributed by atoms with E-state index in [0.29, 0.717) is 18.0 Å². The predicted molar refractivity (Wildman–Crippen MR) is 93.0 cm³/mol. The topological polar surface area (TPSA) is 88.4 Å². The molecule has 0 spiro atoms. The summed E-state index contributed by atoms with van der Waals surface area (Å²) in [6, 6.07) is 9.57. The summed E-state index contributed by atoms with van der Waals surface area (Å²) in [7, 11) is -3.50. The summed E-state index contributed by atoms with van der Waals surface area (Å²) in [4.78, 5) is 12.0. The molecule has 2 N–H and O–H groups in total. The maximum Gasteiger partial charge on any atom is 0.248 e. The summed E-state index contributed by atoms with van der Waals surface area (Å²) >= 11 is 0. The average molecular weight is 348 g/mol. The lowest BCUT2D eigenvalue weighted by Crippen LogP contribution is -2.24. The van der Waals surface area contributed by atoms with Crippen molar-refractivity contribution in [2.45, 2.75) is 25.2 Å².